The standard InChI is InChI=1S/C22H29N3O5/c26-20(23-17-4-5-18-19(14-17)30-13-12-29-18)6-3-16-7-10-24(11-8-16)22(28)15-25-9-1-2-21(25)27/h4-5,14,16H,1-3,6-13,15H2,(H,23,26). The molecular formula is C22H29N3O5. The minimum absolute atomic E-state index is 0.0160. The van der Waals surface area contributed by atoms with Crippen LogP contribution in [0.3, 0.4) is 0 Å². The third-order valence-electron chi connectivity index (χ3n) is 6.07. The van der Waals surface area contributed by atoms with Crippen LogP contribution in [0.1, 0.15) is 38.5 Å². The van der Waals surface area contributed by atoms with E-state index < -0.39 is 0 Å². The van der Waals surface area contributed by atoms with Gasteiger partial charge in [0.25, 0.3) is 0 Å². The summed E-state index contributed by atoms with van der Waals surface area (Å²) in [6.07, 6.45) is 4.47. The number of rotatable bonds is 6. The SMILES string of the molecule is O=C(CCC1CCN(C(=O)CN2CCCC2=O)CC1)Nc1ccc2c(c1)OCCO2. The average Bonchev–Trinajstić information content (AvgIpc) is 3.17. The van der Waals surface area contributed by atoms with E-state index in [1.54, 1.807) is 11.0 Å². The number of anilines is 1. The van der Waals surface area contributed by atoms with Crippen molar-refractivity contribution >= 4 is 23.4 Å². The minimum atomic E-state index is -0.0160. The first-order chi connectivity index (χ1) is 14.6. The van der Waals surface area contributed by atoms with Crippen LogP contribution in [-0.4, -0.2) is 66.9 Å². The second-order valence-corrected chi connectivity index (χ2v) is 8.19. The van der Waals surface area contributed by atoms with Crippen molar-refractivity contribution < 1.29 is 23.9 Å². The summed E-state index contributed by atoms with van der Waals surface area (Å²) >= 11 is 0. The third kappa shape index (κ3) is 5.04. The fraction of sp³-hybridized carbons (Fsp3) is 0.591. The van der Waals surface area contributed by atoms with E-state index in [1.807, 2.05) is 17.0 Å². The maximum absolute atomic E-state index is 12.4. The van der Waals surface area contributed by atoms with Gasteiger partial charge in [-0.1, -0.05) is 0 Å². The highest BCUT2D eigenvalue weighted by atomic mass is 16.6. The molecule has 0 bridgehead atoms. The Labute approximate surface area is 176 Å². The molecule has 3 amide bonds. The normalized spacial score (nSPS) is 19.1. The first-order valence-electron chi connectivity index (χ1n) is 10.8. The molecule has 30 heavy (non-hydrogen) atoms. The Morgan fingerprint density at radius 1 is 1.07 bits per heavy atom. The van der Waals surface area contributed by atoms with Crippen molar-refractivity contribution in [1.29, 1.82) is 0 Å². The van der Waals surface area contributed by atoms with E-state index in [9.17, 15) is 14.4 Å². The zero-order chi connectivity index (χ0) is 20.9. The smallest absolute Gasteiger partial charge is 0.242 e. The molecule has 0 unspecified atom stereocenters. The van der Waals surface area contributed by atoms with Gasteiger partial charge in [-0.2, -0.15) is 0 Å². The van der Waals surface area contributed by atoms with Gasteiger partial charge >= 0.3 is 0 Å². The third-order valence-corrected chi connectivity index (χ3v) is 6.07. The van der Waals surface area contributed by atoms with Crippen LogP contribution in [0.2, 0.25) is 0 Å². The molecule has 2 fully saturated rings. The topological polar surface area (TPSA) is 88.2 Å². The lowest BCUT2D eigenvalue weighted by molar-refractivity contribution is -0.139. The molecule has 0 radical (unpaired) electrons. The largest absolute Gasteiger partial charge is 0.486 e. The lowest BCUT2D eigenvalue weighted by Gasteiger charge is -2.33. The van der Waals surface area contributed by atoms with Crippen molar-refractivity contribution in [3.63, 3.8) is 0 Å². The van der Waals surface area contributed by atoms with Gasteiger partial charge in [-0.3, -0.25) is 14.4 Å². The van der Waals surface area contributed by atoms with Gasteiger partial charge in [0, 0.05) is 44.2 Å². The number of carbonyl (C=O) groups excluding carboxylic acids is 3. The Morgan fingerprint density at radius 3 is 2.57 bits per heavy atom. The van der Waals surface area contributed by atoms with E-state index >= 15 is 0 Å². The number of amides is 3. The number of nitrogens with zero attached hydrogens (tertiary/aromatic N) is 2. The molecular weight excluding hydrogens is 386 g/mol. The van der Waals surface area contributed by atoms with Crippen LogP contribution in [0.15, 0.2) is 18.2 Å². The molecule has 0 spiro atoms. The first-order valence-corrected chi connectivity index (χ1v) is 10.8. The minimum Gasteiger partial charge on any atom is -0.486 e. The van der Waals surface area contributed by atoms with Gasteiger partial charge in [0.1, 0.15) is 13.2 Å². The molecule has 8 heteroatoms. The fourth-order valence-corrected chi connectivity index (χ4v) is 4.29. The summed E-state index contributed by atoms with van der Waals surface area (Å²) in [6.45, 7) is 3.37. The number of likely N-dealkylation sites (tertiary alicyclic amines) is 2. The average molecular weight is 415 g/mol. The van der Waals surface area contributed by atoms with E-state index in [4.69, 9.17) is 9.47 Å². The summed E-state index contributed by atoms with van der Waals surface area (Å²) in [5.41, 5.74) is 0.709. The van der Waals surface area contributed by atoms with E-state index in [0.29, 0.717) is 68.8 Å². The van der Waals surface area contributed by atoms with Crippen molar-refractivity contribution in [3.8, 4) is 11.5 Å². The van der Waals surface area contributed by atoms with Crippen molar-refractivity contribution in [3.05, 3.63) is 18.2 Å². The van der Waals surface area contributed by atoms with Gasteiger partial charge in [0.15, 0.2) is 11.5 Å². The van der Waals surface area contributed by atoms with Gasteiger partial charge < -0.3 is 24.6 Å². The van der Waals surface area contributed by atoms with Crippen molar-refractivity contribution in [2.45, 2.75) is 38.5 Å². The van der Waals surface area contributed by atoms with Gasteiger partial charge in [0.05, 0.1) is 6.54 Å². The Hall–Kier alpha value is -2.77. The zero-order valence-electron chi connectivity index (χ0n) is 17.2. The van der Waals surface area contributed by atoms with E-state index in [1.165, 1.54) is 0 Å². The number of hydrogen-bond acceptors (Lipinski definition) is 5. The van der Waals surface area contributed by atoms with Gasteiger partial charge in [0.2, 0.25) is 17.7 Å². The van der Waals surface area contributed by atoms with E-state index in [-0.39, 0.29) is 24.3 Å². The molecule has 3 aliphatic rings. The van der Waals surface area contributed by atoms with Crippen LogP contribution in [0.25, 0.3) is 0 Å². The molecule has 1 N–H and O–H groups in total. The lowest BCUT2D eigenvalue weighted by atomic mass is 9.92. The monoisotopic (exact) mass is 415 g/mol. The summed E-state index contributed by atoms with van der Waals surface area (Å²) in [5, 5.41) is 2.93. The Kier molecular flexibility index (Phi) is 6.40. The molecule has 2 saturated heterocycles. The van der Waals surface area contributed by atoms with Crippen LogP contribution in [0.4, 0.5) is 5.69 Å². The predicted octanol–water partition coefficient (Wildman–Crippen LogP) is 2.04. The number of fused-ring (bicyclic) bond motifs is 1. The molecule has 0 atom stereocenters. The highest BCUT2D eigenvalue weighted by Crippen LogP contribution is 2.32. The molecule has 8 nitrogen and oxygen atoms in total. The fourth-order valence-electron chi connectivity index (χ4n) is 4.29. The van der Waals surface area contributed by atoms with Crippen LogP contribution in [0.5, 0.6) is 11.5 Å². The number of nitrogens with one attached hydrogen (secondary N) is 1. The number of benzene rings is 1. The van der Waals surface area contributed by atoms with Crippen LogP contribution < -0.4 is 14.8 Å². The molecule has 4 rings (SSSR count). The maximum atomic E-state index is 12.4. The molecule has 3 aliphatic heterocycles. The van der Waals surface area contributed by atoms with E-state index in [0.717, 1.165) is 25.7 Å². The molecule has 0 aliphatic carbocycles. The highest BCUT2D eigenvalue weighted by Gasteiger charge is 2.27. The summed E-state index contributed by atoms with van der Waals surface area (Å²) < 4.78 is 11.0. The molecule has 0 saturated carbocycles. The first kappa shape index (κ1) is 20.5. The van der Waals surface area contributed by atoms with Crippen molar-refractivity contribution in [2.24, 2.45) is 5.92 Å². The Bertz CT molecular complexity index is 804. The molecule has 3 heterocycles. The molecule has 0 aromatic heterocycles. The Balaban J connectivity index is 1.17. The Morgan fingerprint density at radius 2 is 1.83 bits per heavy atom. The number of piperidine rings is 1. The second-order valence-electron chi connectivity index (χ2n) is 8.19. The predicted molar refractivity (Wildman–Crippen MR) is 110 cm³/mol. The molecule has 1 aromatic rings. The number of ether oxygens (including phenoxy) is 2. The summed E-state index contributed by atoms with van der Waals surface area (Å²) in [7, 11) is 0. The maximum Gasteiger partial charge on any atom is 0.242 e. The van der Waals surface area contributed by atoms with Gasteiger partial charge in [-0.05, 0) is 43.7 Å². The lowest BCUT2D eigenvalue weighted by Crippen LogP contribution is -2.44. The van der Waals surface area contributed by atoms with Gasteiger partial charge in [-0.15, -0.1) is 0 Å². The van der Waals surface area contributed by atoms with Gasteiger partial charge in [-0.25, -0.2) is 0 Å². The van der Waals surface area contributed by atoms with Crippen LogP contribution in [-0.2, 0) is 14.4 Å². The summed E-state index contributed by atoms with van der Waals surface area (Å²) in [6, 6.07) is 5.43. The molecule has 162 valence electrons. The van der Waals surface area contributed by atoms with Crippen LogP contribution >= 0.6 is 0 Å². The highest BCUT2D eigenvalue weighted by molar-refractivity contribution is 5.91. The number of carbonyl (C=O) groups is 3. The van der Waals surface area contributed by atoms with E-state index in [2.05, 4.69) is 5.32 Å². The number of hydrogen-bond donors (Lipinski definition) is 1. The quantitative estimate of drug-likeness (QED) is 0.768. The summed E-state index contributed by atoms with van der Waals surface area (Å²) in [5.74, 6) is 1.91. The zero-order valence-corrected chi connectivity index (χ0v) is 17.2. The summed E-state index contributed by atoms with van der Waals surface area (Å²) in [4.78, 5) is 40.0. The molecule has 1 aromatic carbocycles. The van der Waals surface area contributed by atoms with Crippen molar-refractivity contribution in [1.82, 2.24) is 9.80 Å². The second kappa shape index (κ2) is 9.36. The van der Waals surface area contributed by atoms with Crippen LogP contribution in [0, 0.1) is 5.92 Å². The van der Waals surface area contributed by atoms with Crippen molar-refractivity contribution in [2.75, 3.05) is 44.7 Å².